The second-order valence-corrected chi connectivity index (χ2v) is 8.12. The fourth-order valence-corrected chi connectivity index (χ4v) is 3.60. The number of ether oxygens (including phenoxy) is 1. The van der Waals surface area contributed by atoms with Gasteiger partial charge in [0.05, 0.1) is 12.1 Å². The molecule has 1 heterocycles. The summed E-state index contributed by atoms with van der Waals surface area (Å²) in [7, 11) is 0. The number of piperidine rings is 1. The summed E-state index contributed by atoms with van der Waals surface area (Å²) in [5, 5.41) is 5.88. The van der Waals surface area contributed by atoms with Gasteiger partial charge >= 0.3 is 0 Å². The van der Waals surface area contributed by atoms with Gasteiger partial charge in [0.1, 0.15) is 11.5 Å². The summed E-state index contributed by atoms with van der Waals surface area (Å²) in [6.07, 6.45) is 5.42. The molecule has 1 saturated heterocycles. The molecule has 3 rings (SSSR count). The van der Waals surface area contributed by atoms with E-state index in [1.54, 1.807) is 18.2 Å². The molecule has 0 aromatic heterocycles. The Kier molecular flexibility index (Phi) is 8.47. The number of likely N-dealkylation sites (tertiary alicyclic amines) is 1. The van der Waals surface area contributed by atoms with Crippen LogP contribution in [0.4, 0.5) is 5.69 Å². The van der Waals surface area contributed by atoms with Crippen molar-refractivity contribution in [3.05, 3.63) is 53.6 Å². The first-order chi connectivity index (χ1) is 15.0. The number of nitrogens with zero attached hydrogens (tertiary/aromatic N) is 1. The average Bonchev–Trinajstić information content (AvgIpc) is 2.77. The van der Waals surface area contributed by atoms with Crippen LogP contribution in [-0.4, -0.2) is 42.9 Å². The molecule has 0 unspecified atom stereocenters. The van der Waals surface area contributed by atoms with E-state index in [2.05, 4.69) is 22.5 Å². The van der Waals surface area contributed by atoms with Gasteiger partial charge in [-0.15, -0.1) is 0 Å². The van der Waals surface area contributed by atoms with Gasteiger partial charge in [-0.05, 0) is 69.6 Å². The van der Waals surface area contributed by atoms with Crippen molar-refractivity contribution >= 4 is 17.5 Å². The number of rotatable bonds is 9. The summed E-state index contributed by atoms with van der Waals surface area (Å²) in [6, 6.07) is 12.9. The molecule has 1 aliphatic rings. The number of nitrogens with one attached hydrogen (secondary N) is 2. The smallest absolute Gasteiger partial charge is 0.255 e. The van der Waals surface area contributed by atoms with Crippen LogP contribution in [0.2, 0.25) is 0 Å². The van der Waals surface area contributed by atoms with Crippen LogP contribution in [0.1, 0.15) is 54.9 Å². The van der Waals surface area contributed by atoms with Crippen molar-refractivity contribution in [2.45, 2.75) is 46.0 Å². The van der Waals surface area contributed by atoms with E-state index in [4.69, 9.17) is 4.74 Å². The van der Waals surface area contributed by atoms with Gasteiger partial charge in [-0.25, -0.2) is 0 Å². The van der Waals surface area contributed by atoms with Crippen molar-refractivity contribution in [3.63, 3.8) is 0 Å². The molecule has 2 N–H and O–H groups in total. The van der Waals surface area contributed by atoms with Crippen LogP contribution >= 0.6 is 0 Å². The largest absolute Gasteiger partial charge is 0.457 e. The Bertz CT molecular complexity index is 874. The zero-order chi connectivity index (χ0) is 22.1. The van der Waals surface area contributed by atoms with Crippen LogP contribution in [0.15, 0.2) is 42.5 Å². The summed E-state index contributed by atoms with van der Waals surface area (Å²) in [4.78, 5) is 27.5. The molecule has 1 fully saturated rings. The summed E-state index contributed by atoms with van der Waals surface area (Å²) < 4.78 is 5.99. The molecule has 2 aromatic rings. The lowest BCUT2D eigenvalue weighted by molar-refractivity contribution is -0.117. The van der Waals surface area contributed by atoms with Crippen LogP contribution < -0.4 is 15.4 Å². The molecule has 0 saturated carbocycles. The van der Waals surface area contributed by atoms with Crippen molar-refractivity contribution in [3.8, 4) is 11.5 Å². The zero-order valence-corrected chi connectivity index (χ0v) is 18.6. The van der Waals surface area contributed by atoms with Crippen molar-refractivity contribution in [2.75, 3.05) is 31.5 Å². The van der Waals surface area contributed by atoms with Crippen molar-refractivity contribution in [2.24, 2.45) is 0 Å². The van der Waals surface area contributed by atoms with Crippen molar-refractivity contribution in [1.82, 2.24) is 10.2 Å². The van der Waals surface area contributed by atoms with Gasteiger partial charge in [0.25, 0.3) is 5.91 Å². The van der Waals surface area contributed by atoms with Crippen LogP contribution in [-0.2, 0) is 4.79 Å². The van der Waals surface area contributed by atoms with Crippen LogP contribution in [0.3, 0.4) is 0 Å². The minimum absolute atomic E-state index is 0.0635. The number of hydrogen-bond donors (Lipinski definition) is 2. The number of unbranched alkanes of at least 4 members (excludes halogenated alkanes) is 1. The third-order valence-corrected chi connectivity index (χ3v) is 5.39. The molecule has 0 radical (unpaired) electrons. The Hall–Kier alpha value is -2.86. The van der Waals surface area contributed by atoms with E-state index in [1.165, 1.54) is 6.42 Å². The predicted octanol–water partition coefficient (Wildman–Crippen LogP) is 4.74. The number of benzene rings is 2. The maximum Gasteiger partial charge on any atom is 0.255 e. The van der Waals surface area contributed by atoms with Crippen molar-refractivity contribution in [1.29, 1.82) is 0 Å². The summed E-state index contributed by atoms with van der Waals surface area (Å²) >= 11 is 0. The SMILES string of the molecule is CCCCNC(=O)c1cc(NC(=O)CN2CCCCC2)ccc1Oc1ccc(C)cc1. The predicted molar refractivity (Wildman–Crippen MR) is 124 cm³/mol. The molecule has 1 aliphatic heterocycles. The highest BCUT2D eigenvalue weighted by Gasteiger charge is 2.17. The highest BCUT2D eigenvalue weighted by Crippen LogP contribution is 2.28. The van der Waals surface area contributed by atoms with Crippen LogP contribution in [0.25, 0.3) is 0 Å². The van der Waals surface area contributed by atoms with Crippen LogP contribution in [0, 0.1) is 6.92 Å². The standard InChI is InChI=1S/C25H33N3O3/c1-3-4-14-26-25(30)22-17-20(27-24(29)18-28-15-6-5-7-16-28)10-13-23(22)31-21-11-8-19(2)9-12-21/h8-13,17H,3-7,14-16,18H2,1-2H3,(H,26,30)(H,27,29). The number of hydrogen-bond acceptors (Lipinski definition) is 4. The Morgan fingerprint density at radius 3 is 2.48 bits per heavy atom. The molecule has 2 aromatic carbocycles. The third kappa shape index (κ3) is 7.10. The second kappa shape index (κ2) is 11.5. The normalized spacial score (nSPS) is 14.1. The first kappa shape index (κ1) is 22.8. The van der Waals surface area contributed by atoms with E-state index in [9.17, 15) is 9.59 Å². The van der Waals surface area contributed by atoms with Gasteiger partial charge < -0.3 is 15.4 Å². The number of carbonyl (C=O) groups excluding carboxylic acids is 2. The zero-order valence-electron chi connectivity index (χ0n) is 18.6. The molecule has 6 nitrogen and oxygen atoms in total. The maximum atomic E-state index is 12.8. The van der Waals surface area contributed by atoms with Gasteiger partial charge in [-0.1, -0.05) is 37.5 Å². The van der Waals surface area contributed by atoms with Gasteiger partial charge in [0.15, 0.2) is 0 Å². The monoisotopic (exact) mass is 423 g/mol. The summed E-state index contributed by atoms with van der Waals surface area (Å²) in [5.41, 5.74) is 2.14. The van der Waals surface area contributed by atoms with E-state index >= 15 is 0 Å². The Morgan fingerprint density at radius 1 is 1.03 bits per heavy atom. The van der Waals surface area contributed by atoms with Gasteiger partial charge in [0.2, 0.25) is 5.91 Å². The first-order valence-corrected chi connectivity index (χ1v) is 11.2. The lowest BCUT2D eigenvalue weighted by atomic mass is 10.1. The minimum atomic E-state index is -0.206. The molecule has 6 heteroatoms. The molecule has 0 spiro atoms. The molecule has 0 aliphatic carbocycles. The number of aryl methyl sites for hydroxylation is 1. The molecule has 0 bridgehead atoms. The summed E-state index contributed by atoms with van der Waals surface area (Å²) in [5.74, 6) is 0.858. The highest BCUT2D eigenvalue weighted by atomic mass is 16.5. The summed E-state index contributed by atoms with van der Waals surface area (Å²) in [6.45, 7) is 6.99. The van der Waals surface area contributed by atoms with E-state index in [0.717, 1.165) is 44.3 Å². The minimum Gasteiger partial charge on any atom is -0.457 e. The highest BCUT2D eigenvalue weighted by molar-refractivity contribution is 5.99. The van der Waals surface area contributed by atoms with Gasteiger partial charge in [-0.3, -0.25) is 14.5 Å². The lowest BCUT2D eigenvalue weighted by Gasteiger charge is -2.25. The number of carbonyl (C=O) groups is 2. The van der Waals surface area contributed by atoms with E-state index in [-0.39, 0.29) is 11.8 Å². The molecule has 31 heavy (non-hydrogen) atoms. The molecular weight excluding hydrogens is 390 g/mol. The second-order valence-electron chi connectivity index (χ2n) is 8.12. The molecule has 0 atom stereocenters. The maximum absolute atomic E-state index is 12.8. The first-order valence-electron chi connectivity index (χ1n) is 11.2. The fourth-order valence-electron chi connectivity index (χ4n) is 3.60. The topological polar surface area (TPSA) is 70.7 Å². The van der Waals surface area contributed by atoms with Gasteiger partial charge in [-0.2, -0.15) is 0 Å². The van der Waals surface area contributed by atoms with E-state index in [0.29, 0.717) is 35.8 Å². The quantitative estimate of drug-likeness (QED) is 0.572. The lowest BCUT2D eigenvalue weighted by Crippen LogP contribution is -2.36. The van der Waals surface area contributed by atoms with Gasteiger partial charge in [0, 0.05) is 12.2 Å². The van der Waals surface area contributed by atoms with E-state index in [1.807, 2.05) is 31.2 Å². The van der Waals surface area contributed by atoms with E-state index < -0.39 is 0 Å². The van der Waals surface area contributed by atoms with Crippen molar-refractivity contribution < 1.29 is 14.3 Å². The Labute approximate surface area is 185 Å². The molecule has 2 amide bonds. The number of amides is 2. The Morgan fingerprint density at radius 2 is 1.77 bits per heavy atom. The Balaban J connectivity index is 1.74. The fraction of sp³-hybridized carbons (Fsp3) is 0.440. The average molecular weight is 424 g/mol. The molecular formula is C25H33N3O3. The van der Waals surface area contributed by atoms with Crippen LogP contribution in [0.5, 0.6) is 11.5 Å². The molecule has 166 valence electrons. The third-order valence-electron chi connectivity index (χ3n) is 5.39. The number of anilines is 1.